The number of rotatable bonds is 0. The zero-order chi connectivity index (χ0) is 0. The molecule has 0 spiro atoms. The van der Waals surface area contributed by atoms with Crippen LogP contribution in [0.4, 0.5) is 0 Å². The first-order valence-electron chi connectivity index (χ1n) is 0. The van der Waals surface area contributed by atoms with Crippen LogP contribution >= 0.6 is 248 Å². The summed E-state index contributed by atoms with van der Waals surface area (Å²) in [6, 6.07) is 0. The van der Waals surface area contributed by atoms with Gasteiger partial charge in [0, 0.05) is 0 Å². The molecule has 0 radical (unpaired) electrons. The summed E-state index contributed by atoms with van der Waals surface area (Å²) in [5.74, 6) is 0. The summed E-state index contributed by atoms with van der Waals surface area (Å²) in [6.07, 6.45) is 0. The van der Waals surface area contributed by atoms with Gasteiger partial charge in [-0.05, 0) is 0 Å². The molecule has 0 fully saturated rings. The quantitative estimate of drug-likeness (QED) is 0.212. The van der Waals surface area contributed by atoms with Crippen molar-refractivity contribution in [1.82, 2.24) is 0 Å². The minimum atomic E-state index is 0. The Morgan fingerprint density at radius 2 is 0.0200 bits per heavy atom. The van der Waals surface area contributed by atoms with Crippen LogP contribution in [0, 0.1) is 0 Å². The molecule has 320 valence electrons. The van der Waals surface area contributed by atoms with Crippen molar-refractivity contribution in [3.05, 3.63) is 0 Å². The van der Waals surface area contributed by atoms with Gasteiger partial charge >= 0.3 is 2360 Å². The summed E-state index contributed by atoms with van der Waals surface area (Å²) in [5, 5.41) is 0. The molecule has 0 aromatic heterocycles. The predicted molar refractivity (Wildman–Crippen MR) is 717 cm³/mol. The van der Waals surface area contributed by atoms with Gasteiger partial charge in [0.05, 0.1) is 0 Å². The molecule has 0 saturated carbocycles. The van der Waals surface area contributed by atoms with Crippen LogP contribution in [0.3, 0.4) is 0 Å². The summed E-state index contributed by atoms with van der Waals surface area (Å²) in [4.78, 5) is 0. The third-order valence-electron chi connectivity index (χ3n) is 0. The number of halogens is 20. The fourth-order valence-electron chi connectivity index (χ4n) is 0. The zero-order valence-corrected chi connectivity index (χ0v) is 24.5. The summed E-state index contributed by atoms with van der Waals surface area (Å²) < 4.78 is 0. The summed E-state index contributed by atoms with van der Waals surface area (Å²) in [7, 11) is 0. The van der Waals surface area contributed by atoms with E-state index in [4.69, 9.17) is 0 Å². The Kier molecular flexibility index (Phi) is 7310. The Hall–Kier alpha value is 85.8. The molecule has 0 unspecified atom stereocenters. The molecule has 0 heterocycles. The first-order valence-corrected chi connectivity index (χ1v) is 0. The topological polar surface area (TPSA) is 0 Å². The molecule has 0 aromatic carbocycles. The Bertz CT molecular complexity index is 72.2. The molecule has 100 heavy (non-hydrogen) atoms. The van der Waals surface area contributed by atoms with Gasteiger partial charge in [-0.25, -0.2) is 0 Å². The van der Waals surface area contributed by atoms with Crippen molar-refractivity contribution in [2.75, 3.05) is 0 Å². The van der Waals surface area contributed by atoms with Gasteiger partial charge in [0.15, 0.2) is 0 Å². The van der Waals surface area contributed by atoms with Crippen molar-refractivity contribution in [2.24, 2.45) is 0 Å². The van der Waals surface area contributed by atoms with E-state index in [-0.39, 0.29) is 2610 Å². The van der Waals surface area contributed by atoms with Crippen LogP contribution in [-0.4, -0.2) is 2360 Å². The van der Waals surface area contributed by atoms with Crippen LogP contribution < -0.4 is 0 Å². The molecule has 0 aliphatic heterocycles. The Morgan fingerprint density at radius 1 is 0.0200 bits per heavy atom. The van der Waals surface area contributed by atoms with E-state index in [2.05, 4.69) is 0 Å². The Morgan fingerprint density at radius 3 is 0.0200 bits per heavy atom. The van der Waals surface area contributed by atoms with E-state index in [1.165, 1.54) is 0 Å². The van der Waals surface area contributed by atoms with Gasteiger partial charge in [0.25, 0.3) is 0 Å². The fraction of sp³-hybridized carbons (Fsp3) is 0. The summed E-state index contributed by atoms with van der Waals surface area (Å²) >= 11 is 0. The number of hydrogen-bond acceptors (Lipinski definition) is 0. The third-order valence-corrected chi connectivity index (χ3v) is 0. The molecule has 0 nitrogen and oxygen atoms in total. The van der Waals surface area contributed by atoms with E-state index >= 15 is 0 Å². The van der Waals surface area contributed by atoms with E-state index in [1.807, 2.05) is 0 Å². The van der Waals surface area contributed by atoms with Crippen molar-refractivity contribution in [3.8, 4) is 0 Å². The van der Waals surface area contributed by atoms with Gasteiger partial charge in [0.1, 0.15) is 0 Å². The monoisotopic (exact) mass is 2640 g/mol. The van der Waals surface area contributed by atoms with E-state index < -0.39 is 0 Å². The zero-order valence-electron chi connectivity index (χ0n) is 8.16. The maximum absolute atomic E-state index is 0. The molecule has 0 bridgehead atoms. The molecule has 0 rings (SSSR count). The van der Waals surface area contributed by atoms with Crippen LogP contribution in [0.2, 0.25) is 0 Å². The molecule has 0 amide bonds. The van der Waals surface area contributed by atoms with Gasteiger partial charge in [-0.15, -0.1) is 248 Å². The number of hydrogen-bond donors (Lipinski definition) is 0. The van der Waals surface area contributed by atoms with Gasteiger partial charge in [0.2, 0.25) is 0 Å². The van der Waals surface area contributed by atoms with Gasteiger partial charge in [-0.1, -0.05) is 0 Å². The van der Waals surface area contributed by atoms with Crippen molar-refractivity contribution in [3.63, 3.8) is 0 Å². The van der Waals surface area contributed by atoms with Crippen molar-refractivity contribution < 1.29 is 0 Å². The molecular weight excluding hydrogens is 2550 g/mol. The molecule has 0 aliphatic carbocycles. The molecular formula is H100Cl20Na80. The van der Waals surface area contributed by atoms with Crippen LogP contribution in [-0.2, 0) is 0 Å². The Balaban J connectivity index is 0. The Labute approximate surface area is 2520 Å². The van der Waals surface area contributed by atoms with Crippen LogP contribution in [0.25, 0.3) is 0 Å². The molecule has 0 N–H and O–H groups in total. The minimum absolute atomic E-state index is 0. The molecule has 0 saturated heterocycles. The average Bonchev–Trinajstić information content (AvgIpc) is 0. The second-order valence-electron chi connectivity index (χ2n) is 0. The second-order valence-corrected chi connectivity index (χ2v) is 0. The summed E-state index contributed by atoms with van der Waals surface area (Å²) in [6.45, 7) is 0. The third kappa shape index (κ3) is 834. The standard InChI is InChI=1S/20ClH.80Na.80H/h20*1H;;;;;;;;;;;;;;;;;;;;;;;;;;;;;;;;;;;;;;;;;;;;;;;;;;;;;;;;;;;;;;;;;;;;;;;;;;;;;;;;;;;;;;;;;;;;;;;;;;;;;;;;;;;;;;;;;;;;;;;;;;;;;;;;;;;;;;;;;;;;;;;;;;;;;;;;;;;;;;;;. The SMILES string of the molecule is Cl.Cl.Cl.Cl.Cl.Cl.Cl.Cl.Cl.Cl.Cl.Cl.Cl.Cl.Cl.Cl.Cl.Cl.Cl.Cl.[NaH].[NaH].[NaH].[NaH].[NaH].[NaH].[NaH].[NaH].[NaH].[NaH].[NaH].[NaH].[NaH].[NaH].[NaH].[NaH].[NaH].[NaH].[NaH].[NaH].[NaH].[NaH].[NaH].[NaH].[NaH].[NaH].[NaH].[NaH].[NaH].[NaH].[NaH].[NaH].[NaH].[NaH].[NaH].[NaH].[NaH].[NaH].[NaH].[NaH].[NaH].[NaH].[NaH].[NaH].[NaH].[NaH].[NaH].[NaH].[NaH].[NaH].[NaH].[NaH].[NaH].[NaH].[NaH].[NaH].[NaH].[NaH].[NaH].[NaH].[NaH].[NaH].[NaH].[NaH].[NaH].[NaH].[NaH].[NaH].[NaH].[NaH].[NaH].[NaH].[NaH].[NaH].[NaH].[NaH].[NaH].[NaH].[NaH].[NaH]. The van der Waals surface area contributed by atoms with E-state index in [9.17, 15) is 0 Å². The van der Waals surface area contributed by atoms with Crippen molar-refractivity contribution in [2.45, 2.75) is 0 Å². The van der Waals surface area contributed by atoms with Crippen LogP contribution in [0.15, 0.2) is 0 Å². The summed E-state index contributed by atoms with van der Waals surface area (Å²) in [5.41, 5.74) is 0. The van der Waals surface area contributed by atoms with Gasteiger partial charge < -0.3 is 0 Å². The normalized spacial score (nSPS) is 0. The van der Waals surface area contributed by atoms with Crippen LogP contribution in [0.5, 0.6) is 0 Å². The molecule has 0 aliphatic rings. The fourth-order valence-corrected chi connectivity index (χ4v) is 0. The second kappa shape index (κ2) is 848. The van der Waals surface area contributed by atoms with Gasteiger partial charge in [-0.3, -0.25) is 0 Å². The van der Waals surface area contributed by atoms with Gasteiger partial charge in [-0.2, -0.15) is 0 Å². The van der Waals surface area contributed by atoms with Crippen molar-refractivity contribution >= 4 is 2610 Å². The molecule has 0 atom stereocenters. The average molecular weight is 2650 g/mol. The first kappa shape index (κ1) is 862. The van der Waals surface area contributed by atoms with E-state index in [0.29, 0.717) is 0 Å². The molecule has 100 heteroatoms. The first-order chi connectivity index (χ1) is 0. The van der Waals surface area contributed by atoms with E-state index in [1.54, 1.807) is 0 Å². The van der Waals surface area contributed by atoms with Crippen molar-refractivity contribution in [1.29, 1.82) is 0 Å². The molecule has 0 aromatic rings. The maximum atomic E-state index is 0. The van der Waals surface area contributed by atoms with E-state index in [0.717, 1.165) is 0 Å². The van der Waals surface area contributed by atoms with Crippen LogP contribution in [0.1, 0.15) is 0 Å². The predicted octanol–water partition coefficient (Wildman–Crippen LogP) is -43.4.